The van der Waals surface area contributed by atoms with Crippen LogP contribution in [0.4, 0.5) is 4.39 Å². The minimum absolute atomic E-state index is 0.147. The molecule has 0 spiro atoms. The molecule has 1 rings (SSSR count). The minimum atomic E-state index is -0.147. The Balaban J connectivity index is 2.87. The maximum absolute atomic E-state index is 13.2. The summed E-state index contributed by atoms with van der Waals surface area (Å²) >= 11 is 3.31. The maximum atomic E-state index is 13.2. The van der Waals surface area contributed by atoms with Crippen molar-refractivity contribution in [3.63, 3.8) is 0 Å². The zero-order valence-electron chi connectivity index (χ0n) is 7.56. The SMILES string of the molecule is Cc1cccc(F)c1C=CCCBr. The van der Waals surface area contributed by atoms with Gasteiger partial charge in [-0.2, -0.15) is 0 Å². The van der Waals surface area contributed by atoms with Gasteiger partial charge in [-0.3, -0.25) is 0 Å². The second kappa shape index (κ2) is 5.18. The third-order valence-electron chi connectivity index (χ3n) is 1.83. The Morgan fingerprint density at radius 3 is 2.85 bits per heavy atom. The minimum Gasteiger partial charge on any atom is -0.206 e. The normalized spacial score (nSPS) is 11.0. The van der Waals surface area contributed by atoms with Gasteiger partial charge in [-0.1, -0.05) is 40.2 Å². The summed E-state index contributed by atoms with van der Waals surface area (Å²) in [5.74, 6) is -0.147. The molecule has 0 heterocycles. The van der Waals surface area contributed by atoms with Crippen LogP contribution in [-0.4, -0.2) is 5.33 Å². The highest BCUT2D eigenvalue weighted by Crippen LogP contribution is 2.14. The average Bonchev–Trinajstić information content (AvgIpc) is 2.10. The smallest absolute Gasteiger partial charge is 0.130 e. The molecule has 0 aliphatic rings. The number of alkyl halides is 1. The Morgan fingerprint density at radius 1 is 1.46 bits per heavy atom. The van der Waals surface area contributed by atoms with E-state index in [9.17, 15) is 4.39 Å². The van der Waals surface area contributed by atoms with Gasteiger partial charge < -0.3 is 0 Å². The van der Waals surface area contributed by atoms with Gasteiger partial charge in [-0.25, -0.2) is 4.39 Å². The Morgan fingerprint density at radius 2 is 2.23 bits per heavy atom. The molecule has 70 valence electrons. The summed E-state index contributed by atoms with van der Waals surface area (Å²) in [6.45, 7) is 1.91. The largest absolute Gasteiger partial charge is 0.206 e. The standard InChI is InChI=1S/C11H12BrF/c1-9-5-4-7-11(13)10(9)6-2-3-8-12/h2,4-7H,3,8H2,1H3. The fraction of sp³-hybridized carbons (Fsp3) is 0.273. The van der Waals surface area contributed by atoms with Gasteiger partial charge in [0.25, 0.3) is 0 Å². The summed E-state index contributed by atoms with van der Waals surface area (Å²) in [6, 6.07) is 5.13. The van der Waals surface area contributed by atoms with Crippen LogP contribution in [0.5, 0.6) is 0 Å². The first-order valence-electron chi connectivity index (χ1n) is 4.23. The van der Waals surface area contributed by atoms with Crippen LogP contribution in [0.25, 0.3) is 6.08 Å². The first-order chi connectivity index (χ1) is 6.25. The van der Waals surface area contributed by atoms with Crippen molar-refractivity contribution in [2.24, 2.45) is 0 Å². The monoisotopic (exact) mass is 242 g/mol. The van der Waals surface area contributed by atoms with Crippen LogP contribution in [0.3, 0.4) is 0 Å². The molecule has 0 nitrogen and oxygen atoms in total. The van der Waals surface area contributed by atoms with Gasteiger partial charge in [0.05, 0.1) is 0 Å². The van der Waals surface area contributed by atoms with Crippen molar-refractivity contribution in [1.82, 2.24) is 0 Å². The van der Waals surface area contributed by atoms with Crippen LogP contribution in [0, 0.1) is 12.7 Å². The van der Waals surface area contributed by atoms with Gasteiger partial charge >= 0.3 is 0 Å². The number of benzene rings is 1. The summed E-state index contributed by atoms with van der Waals surface area (Å²) in [5.41, 5.74) is 1.68. The van der Waals surface area contributed by atoms with E-state index in [0.29, 0.717) is 5.56 Å². The van der Waals surface area contributed by atoms with E-state index in [2.05, 4.69) is 15.9 Å². The third kappa shape index (κ3) is 2.96. The van der Waals surface area contributed by atoms with E-state index in [-0.39, 0.29) is 5.82 Å². The maximum Gasteiger partial charge on any atom is 0.130 e. The molecule has 0 aliphatic carbocycles. The second-order valence-corrected chi connectivity index (χ2v) is 3.64. The molecule has 13 heavy (non-hydrogen) atoms. The van der Waals surface area contributed by atoms with Gasteiger partial charge in [-0.05, 0) is 25.0 Å². The van der Waals surface area contributed by atoms with E-state index in [0.717, 1.165) is 17.3 Å². The molecule has 0 aliphatic heterocycles. The van der Waals surface area contributed by atoms with E-state index in [4.69, 9.17) is 0 Å². The van der Waals surface area contributed by atoms with Crippen LogP contribution >= 0.6 is 15.9 Å². The van der Waals surface area contributed by atoms with Gasteiger partial charge in [0.1, 0.15) is 5.82 Å². The Labute approximate surface area is 86.6 Å². The first kappa shape index (κ1) is 10.5. The van der Waals surface area contributed by atoms with Crippen LogP contribution < -0.4 is 0 Å². The molecule has 0 amide bonds. The molecule has 0 radical (unpaired) electrons. The fourth-order valence-electron chi connectivity index (χ4n) is 1.12. The zero-order valence-corrected chi connectivity index (χ0v) is 9.14. The van der Waals surface area contributed by atoms with Crippen molar-refractivity contribution in [3.8, 4) is 0 Å². The van der Waals surface area contributed by atoms with Crippen molar-refractivity contribution < 1.29 is 4.39 Å². The fourth-order valence-corrected chi connectivity index (χ4v) is 1.38. The summed E-state index contributed by atoms with van der Waals surface area (Å²) in [5, 5.41) is 0.914. The Hall–Kier alpha value is -0.630. The van der Waals surface area contributed by atoms with Gasteiger partial charge in [-0.15, -0.1) is 0 Å². The Kier molecular flexibility index (Phi) is 4.16. The number of halogens is 2. The van der Waals surface area contributed by atoms with E-state index < -0.39 is 0 Å². The number of allylic oxidation sites excluding steroid dienone is 1. The molecule has 0 aromatic heterocycles. The zero-order chi connectivity index (χ0) is 9.68. The number of hydrogen-bond donors (Lipinski definition) is 0. The molecule has 0 unspecified atom stereocenters. The van der Waals surface area contributed by atoms with Crippen LogP contribution in [0.2, 0.25) is 0 Å². The highest BCUT2D eigenvalue weighted by atomic mass is 79.9. The molecule has 0 bridgehead atoms. The highest BCUT2D eigenvalue weighted by Gasteiger charge is 1.99. The Bertz CT molecular complexity index is 285. The van der Waals surface area contributed by atoms with Crippen molar-refractivity contribution in [2.45, 2.75) is 13.3 Å². The molecule has 0 saturated carbocycles. The molecular formula is C11H12BrF. The first-order valence-corrected chi connectivity index (χ1v) is 5.35. The van der Waals surface area contributed by atoms with Crippen molar-refractivity contribution in [2.75, 3.05) is 5.33 Å². The lowest BCUT2D eigenvalue weighted by atomic mass is 10.1. The van der Waals surface area contributed by atoms with Crippen LogP contribution in [-0.2, 0) is 0 Å². The lowest BCUT2D eigenvalue weighted by molar-refractivity contribution is 0.623. The van der Waals surface area contributed by atoms with Crippen LogP contribution in [0.1, 0.15) is 17.5 Å². The molecular weight excluding hydrogens is 231 g/mol. The van der Waals surface area contributed by atoms with Crippen molar-refractivity contribution >= 4 is 22.0 Å². The molecule has 0 N–H and O–H groups in total. The average molecular weight is 243 g/mol. The molecule has 1 aromatic rings. The molecule has 0 fully saturated rings. The number of aryl methyl sites for hydroxylation is 1. The topological polar surface area (TPSA) is 0 Å². The summed E-state index contributed by atoms with van der Waals surface area (Å²) in [6.07, 6.45) is 4.74. The quantitative estimate of drug-likeness (QED) is 0.705. The lowest BCUT2D eigenvalue weighted by Crippen LogP contribution is -1.85. The predicted molar refractivity (Wildman–Crippen MR) is 58.6 cm³/mol. The van der Waals surface area contributed by atoms with Gasteiger partial charge in [0, 0.05) is 10.9 Å². The molecule has 0 atom stereocenters. The second-order valence-electron chi connectivity index (χ2n) is 2.85. The summed E-state index contributed by atoms with van der Waals surface area (Å²) in [7, 11) is 0. The number of rotatable bonds is 3. The molecule has 2 heteroatoms. The van der Waals surface area contributed by atoms with Crippen molar-refractivity contribution in [3.05, 3.63) is 41.2 Å². The van der Waals surface area contributed by atoms with Gasteiger partial charge in [0.2, 0.25) is 0 Å². The summed E-state index contributed by atoms with van der Waals surface area (Å²) < 4.78 is 13.2. The molecule has 1 aromatic carbocycles. The predicted octanol–water partition coefficient (Wildman–Crippen LogP) is 3.93. The number of hydrogen-bond acceptors (Lipinski definition) is 0. The lowest BCUT2D eigenvalue weighted by Gasteiger charge is -2.00. The van der Waals surface area contributed by atoms with E-state index in [1.807, 2.05) is 25.1 Å². The van der Waals surface area contributed by atoms with Crippen molar-refractivity contribution in [1.29, 1.82) is 0 Å². The third-order valence-corrected chi connectivity index (χ3v) is 2.29. The van der Waals surface area contributed by atoms with E-state index in [1.54, 1.807) is 6.07 Å². The highest BCUT2D eigenvalue weighted by molar-refractivity contribution is 9.09. The van der Waals surface area contributed by atoms with E-state index in [1.165, 1.54) is 6.07 Å². The summed E-state index contributed by atoms with van der Waals surface area (Å²) in [4.78, 5) is 0. The molecule has 0 saturated heterocycles. The van der Waals surface area contributed by atoms with Gasteiger partial charge in [0.15, 0.2) is 0 Å². The van der Waals surface area contributed by atoms with E-state index >= 15 is 0 Å². The van der Waals surface area contributed by atoms with Crippen LogP contribution in [0.15, 0.2) is 24.3 Å².